The number of fused-ring (bicyclic) bond motifs is 1. The molecule has 1 N–H and O–H groups in total. The van der Waals surface area contributed by atoms with E-state index in [1.54, 1.807) is 14.2 Å². The second-order valence-electron chi connectivity index (χ2n) is 7.92. The summed E-state index contributed by atoms with van der Waals surface area (Å²) in [5.74, 6) is 2.67. The number of anilines is 1. The van der Waals surface area contributed by atoms with E-state index in [9.17, 15) is 0 Å². The Balaban J connectivity index is 1.67. The molecule has 1 atom stereocenters. The van der Waals surface area contributed by atoms with Crippen molar-refractivity contribution in [2.75, 3.05) is 19.5 Å². The van der Waals surface area contributed by atoms with Gasteiger partial charge in [-0.1, -0.05) is 36.4 Å². The quantitative estimate of drug-likeness (QED) is 0.331. The van der Waals surface area contributed by atoms with Gasteiger partial charge in [-0.05, 0) is 60.4 Å². The van der Waals surface area contributed by atoms with Gasteiger partial charge in [-0.2, -0.15) is 5.26 Å². The Bertz CT molecular complexity index is 1410. The van der Waals surface area contributed by atoms with E-state index in [1.165, 1.54) is 6.08 Å². The van der Waals surface area contributed by atoms with Gasteiger partial charge in [0, 0.05) is 23.6 Å². The van der Waals surface area contributed by atoms with E-state index in [0.29, 0.717) is 17.3 Å². The highest BCUT2D eigenvalue weighted by atomic mass is 16.5. The average Bonchev–Trinajstić information content (AvgIpc) is 2.86. The molecule has 0 bridgehead atoms. The van der Waals surface area contributed by atoms with Crippen molar-refractivity contribution in [2.24, 2.45) is 0 Å². The average molecular weight is 451 g/mol. The van der Waals surface area contributed by atoms with E-state index in [4.69, 9.17) is 14.7 Å². The fourth-order valence-corrected chi connectivity index (χ4v) is 3.91. The smallest absolute Gasteiger partial charge is 0.162 e. The molecule has 170 valence electrons. The minimum atomic E-state index is -0.00721. The SMILES string of the molecule is COc1cc2nc(C)nc(N[C@H](C)c3cccc(-c4cccc(/C=C/C#N)c4)c3)c2cc1OC. The Labute approximate surface area is 199 Å². The molecule has 1 aromatic heterocycles. The van der Waals surface area contributed by atoms with Crippen molar-refractivity contribution in [3.05, 3.63) is 83.7 Å². The third-order valence-corrected chi connectivity index (χ3v) is 5.62. The molecule has 4 rings (SSSR count). The lowest BCUT2D eigenvalue weighted by Gasteiger charge is -2.18. The predicted octanol–water partition coefficient (Wildman–Crippen LogP) is 6.33. The molecule has 0 radical (unpaired) electrons. The van der Waals surface area contributed by atoms with Crippen molar-refractivity contribution >= 4 is 22.8 Å². The van der Waals surface area contributed by atoms with Crippen LogP contribution in [-0.2, 0) is 0 Å². The second-order valence-corrected chi connectivity index (χ2v) is 7.92. The highest BCUT2D eigenvalue weighted by Gasteiger charge is 2.15. The summed E-state index contributed by atoms with van der Waals surface area (Å²) in [5.41, 5.74) is 5.10. The molecule has 0 spiro atoms. The number of nitrogens with zero attached hydrogens (tertiary/aromatic N) is 3. The first-order chi connectivity index (χ1) is 16.5. The van der Waals surface area contributed by atoms with Gasteiger partial charge < -0.3 is 14.8 Å². The summed E-state index contributed by atoms with van der Waals surface area (Å²) in [5, 5.41) is 13.2. The number of hydrogen-bond donors (Lipinski definition) is 1. The maximum Gasteiger partial charge on any atom is 0.162 e. The number of nitriles is 1. The molecule has 6 heteroatoms. The number of allylic oxidation sites excluding steroid dienone is 1. The third-order valence-electron chi connectivity index (χ3n) is 5.62. The second kappa shape index (κ2) is 10.1. The van der Waals surface area contributed by atoms with E-state index in [1.807, 2.05) is 43.3 Å². The van der Waals surface area contributed by atoms with Gasteiger partial charge in [-0.25, -0.2) is 9.97 Å². The Hall–Kier alpha value is -4.37. The number of aromatic nitrogens is 2. The number of benzene rings is 3. The molecule has 3 aromatic carbocycles. The molecule has 1 heterocycles. The summed E-state index contributed by atoms with van der Waals surface area (Å²) in [6.45, 7) is 3.98. The summed E-state index contributed by atoms with van der Waals surface area (Å²) in [7, 11) is 3.23. The fraction of sp³-hybridized carbons (Fsp3) is 0.179. The van der Waals surface area contributed by atoms with Gasteiger partial charge in [0.1, 0.15) is 11.6 Å². The highest BCUT2D eigenvalue weighted by Crippen LogP contribution is 2.35. The third kappa shape index (κ3) is 4.84. The molecule has 0 aliphatic heterocycles. The number of hydrogen-bond acceptors (Lipinski definition) is 6. The lowest BCUT2D eigenvalue weighted by molar-refractivity contribution is 0.356. The minimum Gasteiger partial charge on any atom is -0.493 e. The van der Waals surface area contributed by atoms with E-state index in [-0.39, 0.29) is 6.04 Å². The summed E-state index contributed by atoms with van der Waals surface area (Å²) in [6, 6.07) is 22.3. The van der Waals surface area contributed by atoms with Gasteiger partial charge in [-0.15, -0.1) is 0 Å². The lowest BCUT2D eigenvalue weighted by Crippen LogP contribution is -2.10. The van der Waals surface area contributed by atoms with Crippen molar-refractivity contribution < 1.29 is 9.47 Å². The first-order valence-electron chi connectivity index (χ1n) is 11.0. The van der Waals surface area contributed by atoms with Crippen molar-refractivity contribution in [3.8, 4) is 28.7 Å². The number of methoxy groups -OCH3 is 2. The monoisotopic (exact) mass is 450 g/mol. The first kappa shape index (κ1) is 22.8. The predicted molar refractivity (Wildman–Crippen MR) is 136 cm³/mol. The van der Waals surface area contributed by atoms with Crippen LogP contribution in [0.15, 0.2) is 66.7 Å². The molecule has 34 heavy (non-hydrogen) atoms. The van der Waals surface area contributed by atoms with E-state index in [0.717, 1.165) is 39.0 Å². The number of aryl methyl sites for hydroxylation is 1. The molecule has 6 nitrogen and oxygen atoms in total. The summed E-state index contributed by atoms with van der Waals surface area (Å²) in [6.07, 6.45) is 3.30. The molecular formula is C28H26N4O2. The molecular weight excluding hydrogens is 424 g/mol. The summed E-state index contributed by atoms with van der Waals surface area (Å²) < 4.78 is 10.9. The van der Waals surface area contributed by atoms with Crippen LogP contribution in [0.2, 0.25) is 0 Å². The van der Waals surface area contributed by atoms with Crippen LogP contribution in [0.3, 0.4) is 0 Å². The summed E-state index contributed by atoms with van der Waals surface area (Å²) in [4.78, 5) is 9.24. The fourth-order valence-electron chi connectivity index (χ4n) is 3.91. The van der Waals surface area contributed by atoms with Crippen LogP contribution in [0.4, 0.5) is 5.82 Å². The molecule has 0 amide bonds. The van der Waals surface area contributed by atoms with Crippen LogP contribution < -0.4 is 14.8 Å². The van der Waals surface area contributed by atoms with Crippen molar-refractivity contribution in [1.82, 2.24) is 9.97 Å². The minimum absolute atomic E-state index is 0.00721. The zero-order valence-corrected chi connectivity index (χ0v) is 19.7. The molecule has 4 aromatic rings. The summed E-state index contributed by atoms with van der Waals surface area (Å²) >= 11 is 0. The maximum absolute atomic E-state index is 8.81. The van der Waals surface area contributed by atoms with Crippen molar-refractivity contribution in [1.29, 1.82) is 5.26 Å². The highest BCUT2D eigenvalue weighted by molar-refractivity contribution is 5.92. The molecule has 0 saturated heterocycles. The zero-order chi connectivity index (χ0) is 24.1. The molecule has 0 aliphatic carbocycles. The van der Waals surface area contributed by atoms with Crippen LogP contribution in [0, 0.1) is 18.3 Å². The van der Waals surface area contributed by atoms with Gasteiger partial charge in [0.05, 0.1) is 25.8 Å². The normalized spacial score (nSPS) is 11.9. The molecule has 0 fully saturated rings. The largest absolute Gasteiger partial charge is 0.493 e. The topological polar surface area (TPSA) is 80.1 Å². The Morgan fingerprint density at radius 3 is 2.38 bits per heavy atom. The van der Waals surface area contributed by atoms with Gasteiger partial charge in [0.2, 0.25) is 0 Å². The van der Waals surface area contributed by atoms with Gasteiger partial charge in [0.25, 0.3) is 0 Å². The van der Waals surface area contributed by atoms with Gasteiger partial charge in [0.15, 0.2) is 11.5 Å². The number of rotatable bonds is 7. The Morgan fingerprint density at radius 2 is 1.65 bits per heavy atom. The lowest BCUT2D eigenvalue weighted by atomic mass is 9.98. The van der Waals surface area contributed by atoms with E-state index < -0.39 is 0 Å². The first-order valence-corrected chi connectivity index (χ1v) is 11.0. The number of nitrogens with one attached hydrogen (secondary N) is 1. The number of ether oxygens (including phenoxy) is 2. The Kier molecular flexibility index (Phi) is 6.74. The van der Waals surface area contributed by atoms with E-state index >= 15 is 0 Å². The van der Waals surface area contributed by atoms with Crippen molar-refractivity contribution in [3.63, 3.8) is 0 Å². The molecule has 0 unspecified atom stereocenters. The van der Waals surface area contributed by atoms with Gasteiger partial charge >= 0.3 is 0 Å². The van der Waals surface area contributed by atoms with Gasteiger partial charge in [-0.3, -0.25) is 0 Å². The van der Waals surface area contributed by atoms with Crippen LogP contribution in [0.25, 0.3) is 28.1 Å². The zero-order valence-electron chi connectivity index (χ0n) is 19.7. The van der Waals surface area contributed by atoms with Crippen LogP contribution in [-0.4, -0.2) is 24.2 Å². The van der Waals surface area contributed by atoms with Crippen molar-refractivity contribution in [2.45, 2.75) is 19.9 Å². The standard InChI is InChI=1S/C28H26N4O2/c1-18(21-10-6-12-23(15-21)22-11-5-8-20(14-22)9-7-13-29)30-28-24-16-26(33-3)27(34-4)17-25(24)31-19(2)32-28/h5-12,14-18H,1-4H3,(H,30,31,32)/b9-7+/t18-/m1/s1. The van der Waals surface area contributed by atoms with E-state index in [2.05, 4.69) is 58.6 Å². The Morgan fingerprint density at radius 1 is 0.941 bits per heavy atom. The molecule has 0 aliphatic rings. The van der Waals surface area contributed by atoms with Crippen LogP contribution >= 0.6 is 0 Å². The van der Waals surface area contributed by atoms with Crippen LogP contribution in [0.5, 0.6) is 11.5 Å². The maximum atomic E-state index is 8.81. The van der Waals surface area contributed by atoms with Crippen LogP contribution in [0.1, 0.15) is 29.9 Å². The molecule has 0 saturated carbocycles.